The fourth-order valence-corrected chi connectivity index (χ4v) is 4.51. The molecule has 0 spiro atoms. The van der Waals surface area contributed by atoms with Crippen LogP contribution in [-0.2, 0) is 4.79 Å². The van der Waals surface area contributed by atoms with Gasteiger partial charge < -0.3 is 10.7 Å². The van der Waals surface area contributed by atoms with Gasteiger partial charge in [-0.2, -0.15) is 0 Å². The number of aromatic nitrogens is 3. The van der Waals surface area contributed by atoms with E-state index in [9.17, 15) is 4.79 Å². The van der Waals surface area contributed by atoms with Gasteiger partial charge in [0.1, 0.15) is 11.1 Å². The molecule has 2 heterocycles. The van der Waals surface area contributed by atoms with Crippen molar-refractivity contribution in [2.75, 3.05) is 10.7 Å². The third-order valence-electron chi connectivity index (χ3n) is 4.51. The zero-order chi connectivity index (χ0) is 19.8. The molecular formula is C19H17BrClN5OS. The number of halogens is 2. The molecule has 1 aromatic heterocycles. The molecule has 0 saturated heterocycles. The van der Waals surface area contributed by atoms with Crippen molar-refractivity contribution in [1.82, 2.24) is 14.9 Å². The van der Waals surface area contributed by atoms with Gasteiger partial charge in [-0.25, -0.2) is 4.68 Å². The van der Waals surface area contributed by atoms with Crippen LogP contribution in [0.2, 0.25) is 5.02 Å². The molecule has 0 saturated carbocycles. The van der Waals surface area contributed by atoms with Crippen LogP contribution in [0.3, 0.4) is 0 Å². The van der Waals surface area contributed by atoms with Gasteiger partial charge in [-0.1, -0.05) is 51.4 Å². The predicted octanol–water partition coefficient (Wildman–Crippen LogP) is 4.71. The molecule has 0 aliphatic carbocycles. The van der Waals surface area contributed by atoms with Crippen molar-refractivity contribution in [3.05, 3.63) is 68.9 Å². The molecule has 2 N–H and O–H groups in total. The number of benzene rings is 2. The molecule has 1 amide bonds. The van der Waals surface area contributed by atoms with E-state index in [1.165, 1.54) is 11.8 Å². The zero-order valence-electron chi connectivity index (χ0n) is 15.1. The number of hydrogen-bond acceptors (Lipinski definition) is 5. The Bertz CT molecular complexity index is 1040. The fourth-order valence-electron chi connectivity index (χ4n) is 3.02. The lowest BCUT2D eigenvalue weighted by atomic mass is 10.0. The predicted molar refractivity (Wildman–Crippen MR) is 115 cm³/mol. The highest BCUT2D eigenvalue weighted by Gasteiger charge is 2.37. The average Bonchev–Trinajstić information content (AvgIpc) is 3.04. The molecule has 1 aliphatic rings. The Morgan fingerprint density at radius 3 is 2.68 bits per heavy atom. The maximum Gasteiger partial charge on any atom is 0.240 e. The molecule has 144 valence electrons. The average molecular weight is 479 g/mol. The summed E-state index contributed by atoms with van der Waals surface area (Å²) >= 11 is 10.9. The van der Waals surface area contributed by atoms with E-state index in [0.717, 1.165) is 27.1 Å². The summed E-state index contributed by atoms with van der Waals surface area (Å²) in [5.74, 6) is 0.634. The number of thioether (sulfide) groups is 1. The van der Waals surface area contributed by atoms with Crippen LogP contribution < -0.4 is 10.7 Å². The van der Waals surface area contributed by atoms with Crippen molar-refractivity contribution in [1.29, 1.82) is 0 Å². The standard InChI is InChI=1S/C19H17BrClN5OS/c1-10-9-14(7-8-15(10)20)22-18(27)17-16(12-3-5-13(21)6-4-12)25-26-11(2)23-24-19(26)28-17/h3-9,16-17,25H,1-2H3,(H,22,27)/t16-,17-/m1/s1. The number of rotatable bonds is 3. The van der Waals surface area contributed by atoms with E-state index in [1.807, 2.05) is 61.0 Å². The molecule has 2 aromatic carbocycles. The van der Waals surface area contributed by atoms with Crippen molar-refractivity contribution in [3.8, 4) is 0 Å². The van der Waals surface area contributed by atoms with Crippen LogP contribution in [0.25, 0.3) is 0 Å². The number of hydrogen-bond donors (Lipinski definition) is 2. The lowest BCUT2D eigenvalue weighted by Gasteiger charge is -2.32. The second-order valence-corrected chi connectivity index (χ2v) is 8.91. The molecule has 0 fully saturated rings. The summed E-state index contributed by atoms with van der Waals surface area (Å²) < 4.78 is 2.82. The normalized spacial score (nSPS) is 18.3. The first kappa shape index (κ1) is 19.3. The zero-order valence-corrected chi connectivity index (χ0v) is 18.3. The molecule has 9 heteroatoms. The maximum atomic E-state index is 13.2. The third kappa shape index (κ3) is 3.76. The molecule has 0 unspecified atom stereocenters. The number of nitrogens with zero attached hydrogens (tertiary/aromatic N) is 3. The van der Waals surface area contributed by atoms with Gasteiger partial charge in [0.25, 0.3) is 0 Å². The number of nitrogens with one attached hydrogen (secondary N) is 2. The van der Waals surface area contributed by atoms with E-state index in [0.29, 0.717) is 10.2 Å². The summed E-state index contributed by atoms with van der Waals surface area (Å²) in [6.45, 7) is 3.85. The monoisotopic (exact) mass is 477 g/mol. The summed E-state index contributed by atoms with van der Waals surface area (Å²) in [4.78, 5) is 13.2. The second-order valence-electron chi connectivity index (χ2n) is 6.52. The van der Waals surface area contributed by atoms with E-state index in [-0.39, 0.29) is 11.9 Å². The first-order chi connectivity index (χ1) is 13.4. The summed E-state index contributed by atoms with van der Waals surface area (Å²) in [6, 6.07) is 13.0. The van der Waals surface area contributed by atoms with Crippen molar-refractivity contribution in [3.63, 3.8) is 0 Å². The van der Waals surface area contributed by atoms with Crippen LogP contribution in [0.1, 0.15) is 23.0 Å². The summed E-state index contributed by atoms with van der Waals surface area (Å²) in [7, 11) is 0. The number of aryl methyl sites for hydroxylation is 2. The minimum absolute atomic E-state index is 0.105. The van der Waals surface area contributed by atoms with Gasteiger partial charge in [-0.3, -0.25) is 4.79 Å². The van der Waals surface area contributed by atoms with E-state index in [1.54, 1.807) is 0 Å². The number of anilines is 1. The molecule has 1 aliphatic heterocycles. The smallest absolute Gasteiger partial charge is 0.240 e. The Balaban J connectivity index is 1.65. The number of fused-ring (bicyclic) bond motifs is 1. The number of carbonyl (C=O) groups excluding carboxylic acids is 1. The summed E-state index contributed by atoms with van der Waals surface area (Å²) in [6.07, 6.45) is 0. The number of amides is 1. The Hall–Kier alpha value is -2.03. The molecule has 0 radical (unpaired) electrons. The van der Waals surface area contributed by atoms with Crippen molar-refractivity contribution in [2.24, 2.45) is 0 Å². The van der Waals surface area contributed by atoms with Crippen LogP contribution in [0.15, 0.2) is 52.1 Å². The second kappa shape index (κ2) is 7.77. The van der Waals surface area contributed by atoms with E-state index in [2.05, 4.69) is 36.9 Å². The minimum Gasteiger partial charge on any atom is -0.325 e. The van der Waals surface area contributed by atoms with Crippen LogP contribution in [0.4, 0.5) is 5.69 Å². The first-order valence-corrected chi connectivity index (χ1v) is 10.6. The Labute approximate surface area is 180 Å². The highest BCUT2D eigenvalue weighted by Crippen LogP contribution is 2.37. The van der Waals surface area contributed by atoms with Crippen LogP contribution in [0, 0.1) is 13.8 Å². The van der Waals surface area contributed by atoms with Gasteiger partial charge in [0.15, 0.2) is 0 Å². The van der Waals surface area contributed by atoms with Crippen molar-refractivity contribution < 1.29 is 4.79 Å². The Kier molecular flexibility index (Phi) is 5.35. The largest absolute Gasteiger partial charge is 0.325 e. The molecule has 0 bridgehead atoms. The summed E-state index contributed by atoms with van der Waals surface area (Å²) in [5, 5.41) is 12.2. The number of carbonyl (C=O) groups is 1. The lowest BCUT2D eigenvalue weighted by molar-refractivity contribution is -0.116. The van der Waals surface area contributed by atoms with Gasteiger partial charge in [-0.05, 0) is 55.3 Å². The lowest BCUT2D eigenvalue weighted by Crippen LogP contribution is -2.41. The molecule has 3 aromatic rings. The van der Waals surface area contributed by atoms with Crippen LogP contribution in [-0.4, -0.2) is 26.0 Å². The molecule has 4 rings (SSSR count). The Morgan fingerprint density at radius 1 is 1.21 bits per heavy atom. The van der Waals surface area contributed by atoms with Gasteiger partial charge >= 0.3 is 0 Å². The minimum atomic E-state index is -0.429. The highest BCUT2D eigenvalue weighted by atomic mass is 79.9. The third-order valence-corrected chi connectivity index (χ3v) is 6.87. The van der Waals surface area contributed by atoms with Gasteiger partial charge in [0, 0.05) is 15.2 Å². The van der Waals surface area contributed by atoms with Crippen LogP contribution >= 0.6 is 39.3 Å². The first-order valence-electron chi connectivity index (χ1n) is 8.60. The van der Waals surface area contributed by atoms with Crippen LogP contribution in [0.5, 0.6) is 0 Å². The fraction of sp³-hybridized carbons (Fsp3) is 0.211. The van der Waals surface area contributed by atoms with E-state index in [4.69, 9.17) is 11.6 Å². The highest BCUT2D eigenvalue weighted by molar-refractivity contribution is 9.10. The van der Waals surface area contributed by atoms with Crippen molar-refractivity contribution >= 4 is 50.9 Å². The molecule has 2 atom stereocenters. The van der Waals surface area contributed by atoms with Gasteiger partial charge in [0.05, 0.1) is 6.04 Å². The topological polar surface area (TPSA) is 71.8 Å². The van der Waals surface area contributed by atoms with E-state index < -0.39 is 5.25 Å². The van der Waals surface area contributed by atoms with Gasteiger partial charge in [0.2, 0.25) is 11.1 Å². The maximum absolute atomic E-state index is 13.2. The quantitative estimate of drug-likeness (QED) is 0.570. The molecule has 28 heavy (non-hydrogen) atoms. The van der Waals surface area contributed by atoms with Crippen molar-refractivity contribution in [2.45, 2.75) is 30.3 Å². The molecular weight excluding hydrogens is 462 g/mol. The van der Waals surface area contributed by atoms with E-state index >= 15 is 0 Å². The summed E-state index contributed by atoms with van der Waals surface area (Å²) in [5.41, 5.74) is 6.15. The Morgan fingerprint density at radius 2 is 1.96 bits per heavy atom. The van der Waals surface area contributed by atoms with Gasteiger partial charge in [-0.15, -0.1) is 10.2 Å². The SMILES string of the molecule is Cc1cc(NC(=O)[C@@H]2Sc3nnc(C)n3N[C@@H]2c2ccc(Cl)cc2)ccc1Br. The molecule has 6 nitrogen and oxygen atoms in total.